The second-order valence-electron chi connectivity index (χ2n) is 2.53. The number of pyridine rings is 1. The first-order valence-electron chi connectivity index (χ1n) is 3.83. The lowest BCUT2D eigenvalue weighted by Crippen LogP contribution is -2.15. The first-order chi connectivity index (χ1) is 6.33. The van der Waals surface area contributed by atoms with Gasteiger partial charge in [0.15, 0.2) is 11.2 Å². The van der Waals surface area contributed by atoms with Gasteiger partial charge in [0.05, 0.1) is 6.54 Å². The number of aromatic nitrogens is 2. The third-order valence-electron chi connectivity index (χ3n) is 1.73. The summed E-state index contributed by atoms with van der Waals surface area (Å²) in [6.07, 6.45) is 1.53. The topological polar surface area (TPSA) is 48.0 Å². The highest BCUT2D eigenvalue weighted by Gasteiger charge is 2.08. The predicted molar refractivity (Wildman–Crippen MR) is 44.2 cm³/mol. The molecule has 0 amide bonds. The summed E-state index contributed by atoms with van der Waals surface area (Å²) in [6, 6.07) is 3.28. The van der Waals surface area contributed by atoms with Gasteiger partial charge in [0.25, 0.3) is 0 Å². The van der Waals surface area contributed by atoms with Crippen LogP contribution in [0.25, 0.3) is 11.2 Å². The van der Waals surface area contributed by atoms with E-state index in [-0.39, 0.29) is 6.54 Å². The van der Waals surface area contributed by atoms with E-state index in [1.807, 2.05) is 0 Å². The number of rotatable bonds is 2. The molecule has 0 unspecified atom stereocenters. The van der Waals surface area contributed by atoms with Crippen LogP contribution < -0.4 is 5.76 Å². The molecule has 0 bridgehead atoms. The maximum Gasteiger partial charge on any atom is 0.421 e. The van der Waals surface area contributed by atoms with E-state index >= 15 is 0 Å². The molecule has 0 radical (unpaired) electrons. The van der Waals surface area contributed by atoms with Gasteiger partial charge in [-0.05, 0) is 12.1 Å². The summed E-state index contributed by atoms with van der Waals surface area (Å²) in [5.74, 6) is -0.564. The molecule has 0 saturated carbocycles. The van der Waals surface area contributed by atoms with Crippen molar-refractivity contribution >= 4 is 11.2 Å². The van der Waals surface area contributed by atoms with Crippen molar-refractivity contribution in [2.45, 2.75) is 6.54 Å². The van der Waals surface area contributed by atoms with Gasteiger partial charge < -0.3 is 4.42 Å². The van der Waals surface area contributed by atoms with E-state index in [1.165, 1.54) is 10.8 Å². The molecule has 13 heavy (non-hydrogen) atoms. The lowest BCUT2D eigenvalue weighted by molar-refractivity contribution is 0.422. The summed E-state index contributed by atoms with van der Waals surface area (Å²) in [5, 5.41) is 0. The maximum atomic E-state index is 12.0. The Balaban J connectivity index is 2.71. The van der Waals surface area contributed by atoms with Crippen LogP contribution >= 0.6 is 0 Å². The maximum absolute atomic E-state index is 12.0. The van der Waals surface area contributed by atoms with Gasteiger partial charge >= 0.3 is 5.76 Å². The first-order valence-corrected chi connectivity index (χ1v) is 3.83. The Labute approximate surface area is 72.6 Å². The van der Waals surface area contributed by atoms with Gasteiger partial charge in [-0.1, -0.05) is 0 Å². The summed E-state index contributed by atoms with van der Waals surface area (Å²) in [4.78, 5) is 15.0. The van der Waals surface area contributed by atoms with E-state index in [4.69, 9.17) is 4.42 Å². The van der Waals surface area contributed by atoms with Crippen LogP contribution in [-0.2, 0) is 6.54 Å². The number of aryl methyl sites for hydroxylation is 1. The van der Waals surface area contributed by atoms with Gasteiger partial charge in [0, 0.05) is 6.20 Å². The van der Waals surface area contributed by atoms with Crippen molar-refractivity contribution in [3.8, 4) is 0 Å². The highest BCUT2D eigenvalue weighted by Crippen LogP contribution is 2.07. The van der Waals surface area contributed by atoms with Crippen LogP contribution in [0.2, 0.25) is 0 Å². The summed E-state index contributed by atoms with van der Waals surface area (Å²) >= 11 is 0. The zero-order valence-corrected chi connectivity index (χ0v) is 6.74. The van der Waals surface area contributed by atoms with Gasteiger partial charge in [0.1, 0.15) is 6.67 Å². The second kappa shape index (κ2) is 3.01. The molecular formula is C8H7FN2O2. The quantitative estimate of drug-likeness (QED) is 0.694. The minimum absolute atomic E-state index is 0.0111. The van der Waals surface area contributed by atoms with Crippen LogP contribution in [0.1, 0.15) is 0 Å². The smallest absolute Gasteiger partial charge is 0.406 e. The largest absolute Gasteiger partial charge is 0.421 e. The summed E-state index contributed by atoms with van der Waals surface area (Å²) in [6.45, 7) is -0.617. The fraction of sp³-hybridized carbons (Fsp3) is 0.250. The van der Waals surface area contributed by atoms with Crippen molar-refractivity contribution in [2.24, 2.45) is 0 Å². The number of oxazole rings is 1. The molecule has 0 saturated heterocycles. The SMILES string of the molecule is O=c1oc2cccnc2n1CCF. The van der Waals surface area contributed by atoms with E-state index in [2.05, 4.69) is 4.98 Å². The third kappa shape index (κ3) is 1.22. The zero-order chi connectivity index (χ0) is 9.26. The Bertz CT molecular complexity index is 474. The molecule has 0 aliphatic rings. The van der Waals surface area contributed by atoms with Crippen LogP contribution in [0.15, 0.2) is 27.5 Å². The van der Waals surface area contributed by atoms with Crippen molar-refractivity contribution in [1.82, 2.24) is 9.55 Å². The van der Waals surface area contributed by atoms with Gasteiger partial charge in [-0.25, -0.2) is 14.2 Å². The van der Waals surface area contributed by atoms with Crippen molar-refractivity contribution < 1.29 is 8.81 Å². The van der Waals surface area contributed by atoms with Crippen molar-refractivity contribution in [1.29, 1.82) is 0 Å². The molecular weight excluding hydrogens is 175 g/mol. The molecule has 2 aromatic heterocycles. The summed E-state index contributed by atoms with van der Waals surface area (Å²) in [7, 11) is 0. The molecule has 0 aliphatic heterocycles. The monoisotopic (exact) mass is 182 g/mol. The molecule has 5 heteroatoms. The normalized spacial score (nSPS) is 10.8. The van der Waals surface area contributed by atoms with Crippen LogP contribution in [0, 0.1) is 0 Å². The molecule has 4 nitrogen and oxygen atoms in total. The van der Waals surface area contributed by atoms with E-state index < -0.39 is 12.4 Å². The Morgan fingerprint density at radius 3 is 3.23 bits per heavy atom. The first kappa shape index (κ1) is 7.97. The third-order valence-corrected chi connectivity index (χ3v) is 1.73. The fourth-order valence-electron chi connectivity index (χ4n) is 1.18. The average Bonchev–Trinajstić information content (AvgIpc) is 2.44. The highest BCUT2D eigenvalue weighted by molar-refractivity contribution is 5.67. The van der Waals surface area contributed by atoms with Gasteiger partial charge in [-0.3, -0.25) is 4.57 Å². The molecule has 0 aliphatic carbocycles. The molecule has 2 aromatic rings. The van der Waals surface area contributed by atoms with Crippen LogP contribution in [0.3, 0.4) is 0 Å². The number of fused-ring (bicyclic) bond motifs is 1. The molecule has 0 fully saturated rings. The molecule has 0 aromatic carbocycles. The summed E-state index contributed by atoms with van der Waals surface area (Å²) < 4.78 is 18.0. The molecule has 0 spiro atoms. The van der Waals surface area contributed by atoms with E-state index in [0.29, 0.717) is 11.2 Å². The number of nitrogens with zero attached hydrogens (tertiary/aromatic N) is 2. The average molecular weight is 182 g/mol. The number of alkyl halides is 1. The van der Waals surface area contributed by atoms with Crippen LogP contribution in [0.5, 0.6) is 0 Å². The Morgan fingerprint density at radius 1 is 1.62 bits per heavy atom. The van der Waals surface area contributed by atoms with Crippen LogP contribution in [-0.4, -0.2) is 16.2 Å². The van der Waals surface area contributed by atoms with Gasteiger partial charge in [-0.2, -0.15) is 0 Å². The van der Waals surface area contributed by atoms with Crippen molar-refractivity contribution in [2.75, 3.05) is 6.67 Å². The van der Waals surface area contributed by atoms with E-state index in [9.17, 15) is 9.18 Å². The van der Waals surface area contributed by atoms with Gasteiger partial charge in [0.2, 0.25) is 0 Å². The molecule has 2 rings (SSSR count). The van der Waals surface area contributed by atoms with Crippen molar-refractivity contribution in [3.63, 3.8) is 0 Å². The van der Waals surface area contributed by atoms with Crippen LogP contribution in [0.4, 0.5) is 4.39 Å². The highest BCUT2D eigenvalue weighted by atomic mass is 19.1. The molecule has 2 heterocycles. The number of hydrogen-bond acceptors (Lipinski definition) is 3. The minimum atomic E-state index is -0.606. The lowest BCUT2D eigenvalue weighted by Gasteiger charge is -1.94. The zero-order valence-electron chi connectivity index (χ0n) is 6.74. The van der Waals surface area contributed by atoms with E-state index in [0.717, 1.165) is 0 Å². The number of hydrogen-bond donors (Lipinski definition) is 0. The Morgan fingerprint density at radius 2 is 2.46 bits per heavy atom. The molecule has 0 N–H and O–H groups in total. The minimum Gasteiger partial charge on any atom is -0.406 e. The standard InChI is InChI=1S/C8H7FN2O2/c9-3-5-11-7-6(13-8(11)12)2-1-4-10-7/h1-2,4H,3,5H2. The summed E-state index contributed by atoms with van der Waals surface area (Å²) in [5.41, 5.74) is 0.783. The Kier molecular flexibility index (Phi) is 1.84. The predicted octanol–water partition coefficient (Wildman–Crippen LogP) is 0.959. The second-order valence-corrected chi connectivity index (χ2v) is 2.53. The van der Waals surface area contributed by atoms with Gasteiger partial charge in [-0.15, -0.1) is 0 Å². The van der Waals surface area contributed by atoms with E-state index in [1.54, 1.807) is 12.1 Å². The molecule has 68 valence electrons. The Hall–Kier alpha value is -1.65. The number of halogens is 1. The van der Waals surface area contributed by atoms with Crippen molar-refractivity contribution in [3.05, 3.63) is 28.9 Å². The fourth-order valence-corrected chi connectivity index (χ4v) is 1.18. The molecule has 0 atom stereocenters. The lowest BCUT2D eigenvalue weighted by atomic mass is 10.4.